The van der Waals surface area contributed by atoms with Crippen molar-refractivity contribution in [3.63, 3.8) is 0 Å². The molecule has 1 fully saturated rings. The maximum Gasteiger partial charge on any atom is 0.309 e. The van der Waals surface area contributed by atoms with Crippen molar-refractivity contribution in [1.29, 1.82) is 0 Å². The summed E-state index contributed by atoms with van der Waals surface area (Å²) in [5.74, 6) is -0.422. The lowest BCUT2D eigenvalue weighted by Crippen LogP contribution is -2.11. The summed E-state index contributed by atoms with van der Waals surface area (Å²) in [5.41, 5.74) is -0.111. The molecule has 0 N–H and O–H groups in total. The van der Waals surface area contributed by atoms with Gasteiger partial charge in [0.2, 0.25) is 0 Å². The second kappa shape index (κ2) is 4.85. The largest absolute Gasteiger partial charge is 0.466 e. The first-order chi connectivity index (χ1) is 7.45. The summed E-state index contributed by atoms with van der Waals surface area (Å²) in [7, 11) is 0. The van der Waals surface area contributed by atoms with E-state index >= 15 is 0 Å². The minimum absolute atomic E-state index is 0.0991. The molecule has 0 aromatic carbocycles. The van der Waals surface area contributed by atoms with Crippen molar-refractivity contribution in [1.82, 2.24) is 0 Å². The molecule has 0 spiro atoms. The second-order valence-electron chi connectivity index (χ2n) is 4.69. The SMILES string of the molecule is CCOC(=O)C1C(COC(=O)CC)C1(C)C. The fourth-order valence-electron chi connectivity index (χ4n) is 2.04. The van der Waals surface area contributed by atoms with E-state index in [1.807, 2.05) is 13.8 Å². The Morgan fingerprint density at radius 3 is 2.31 bits per heavy atom. The quantitative estimate of drug-likeness (QED) is 0.673. The molecule has 1 aliphatic rings. The van der Waals surface area contributed by atoms with Crippen LogP contribution in [0.1, 0.15) is 34.1 Å². The van der Waals surface area contributed by atoms with Crippen molar-refractivity contribution in [2.45, 2.75) is 34.1 Å². The first-order valence-corrected chi connectivity index (χ1v) is 5.77. The predicted molar refractivity (Wildman–Crippen MR) is 58.6 cm³/mol. The average molecular weight is 228 g/mol. The third kappa shape index (κ3) is 2.54. The molecule has 92 valence electrons. The number of carbonyl (C=O) groups is 2. The topological polar surface area (TPSA) is 52.6 Å². The van der Waals surface area contributed by atoms with Gasteiger partial charge in [-0.1, -0.05) is 20.8 Å². The molecule has 4 heteroatoms. The lowest BCUT2D eigenvalue weighted by molar-refractivity contribution is -0.148. The third-order valence-electron chi connectivity index (χ3n) is 3.30. The van der Waals surface area contributed by atoms with Crippen molar-refractivity contribution in [3.8, 4) is 0 Å². The summed E-state index contributed by atoms with van der Waals surface area (Å²) in [6.45, 7) is 8.26. The molecule has 0 aromatic heterocycles. The highest BCUT2D eigenvalue weighted by Gasteiger charge is 2.63. The minimum atomic E-state index is -0.217. The van der Waals surface area contributed by atoms with E-state index in [1.165, 1.54) is 0 Å². The standard InChI is InChI=1S/C12H20O4/c1-5-9(13)16-7-8-10(12(8,3)4)11(14)15-6-2/h8,10H,5-7H2,1-4H3. The summed E-state index contributed by atoms with van der Waals surface area (Å²) in [6.07, 6.45) is 0.372. The first kappa shape index (κ1) is 13.0. The highest BCUT2D eigenvalue weighted by molar-refractivity contribution is 5.77. The monoisotopic (exact) mass is 228 g/mol. The van der Waals surface area contributed by atoms with E-state index in [9.17, 15) is 9.59 Å². The van der Waals surface area contributed by atoms with E-state index in [0.29, 0.717) is 19.6 Å². The van der Waals surface area contributed by atoms with Gasteiger partial charge in [0.15, 0.2) is 0 Å². The molecule has 1 saturated carbocycles. The normalized spacial score (nSPS) is 26.0. The van der Waals surface area contributed by atoms with Gasteiger partial charge < -0.3 is 9.47 Å². The van der Waals surface area contributed by atoms with E-state index in [4.69, 9.17) is 9.47 Å². The highest BCUT2D eigenvalue weighted by Crippen LogP contribution is 2.58. The summed E-state index contributed by atoms with van der Waals surface area (Å²) in [5, 5.41) is 0. The Kier molecular flexibility index (Phi) is 3.94. The number of hydrogen-bond donors (Lipinski definition) is 0. The van der Waals surface area contributed by atoms with Crippen molar-refractivity contribution >= 4 is 11.9 Å². The number of ether oxygens (including phenoxy) is 2. The summed E-state index contributed by atoms with van der Waals surface area (Å²) in [4.78, 5) is 22.6. The Hall–Kier alpha value is -1.06. The van der Waals surface area contributed by atoms with Crippen LogP contribution in [0, 0.1) is 17.3 Å². The maximum atomic E-state index is 11.6. The van der Waals surface area contributed by atoms with Gasteiger partial charge in [0.1, 0.15) is 0 Å². The smallest absolute Gasteiger partial charge is 0.309 e. The van der Waals surface area contributed by atoms with Crippen LogP contribution in [0.15, 0.2) is 0 Å². The van der Waals surface area contributed by atoms with Gasteiger partial charge in [-0.2, -0.15) is 0 Å². The Labute approximate surface area is 96.3 Å². The molecule has 2 unspecified atom stereocenters. The van der Waals surface area contributed by atoms with Gasteiger partial charge in [0.25, 0.3) is 0 Å². The number of rotatable bonds is 5. The second-order valence-corrected chi connectivity index (χ2v) is 4.69. The van der Waals surface area contributed by atoms with Crippen LogP contribution in [0.2, 0.25) is 0 Å². The van der Waals surface area contributed by atoms with Gasteiger partial charge in [-0.05, 0) is 12.3 Å². The highest BCUT2D eigenvalue weighted by atomic mass is 16.5. The number of esters is 2. The van der Waals surface area contributed by atoms with Gasteiger partial charge in [-0.3, -0.25) is 9.59 Å². The molecule has 2 atom stereocenters. The number of carbonyl (C=O) groups excluding carboxylic acids is 2. The van der Waals surface area contributed by atoms with E-state index in [1.54, 1.807) is 13.8 Å². The van der Waals surface area contributed by atoms with E-state index in [2.05, 4.69) is 0 Å². The molecule has 16 heavy (non-hydrogen) atoms. The summed E-state index contributed by atoms with van der Waals surface area (Å²) < 4.78 is 10.0. The van der Waals surface area contributed by atoms with Gasteiger partial charge in [0, 0.05) is 12.3 Å². The lowest BCUT2D eigenvalue weighted by Gasteiger charge is -2.03. The molecule has 0 amide bonds. The molecule has 0 bridgehead atoms. The van der Waals surface area contributed by atoms with Crippen molar-refractivity contribution in [2.75, 3.05) is 13.2 Å². The molecule has 1 rings (SSSR count). The summed E-state index contributed by atoms with van der Waals surface area (Å²) in [6, 6.07) is 0. The number of hydrogen-bond acceptors (Lipinski definition) is 4. The fourth-order valence-corrected chi connectivity index (χ4v) is 2.04. The molecular weight excluding hydrogens is 208 g/mol. The maximum absolute atomic E-state index is 11.6. The summed E-state index contributed by atoms with van der Waals surface area (Å²) >= 11 is 0. The molecule has 4 nitrogen and oxygen atoms in total. The van der Waals surface area contributed by atoms with E-state index in [0.717, 1.165) is 0 Å². The zero-order chi connectivity index (χ0) is 12.3. The Morgan fingerprint density at radius 1 is 1.19 bits per heavy atom. The Morgan fingerprint density at radius 2 is 1.81 bits per heavy atom. The fraction of sp³-hybridized carbons (Fsp3) is 0.833. The van der Waals surface area contributed by atoms with Crippen LogP contribution < -0.4 is 0 Å². The van der Waals surface area contributed by atoms with Crippen molar-refractivity contribution in [3.05, 3.63) is 0 Å². The molecule has 0 aromatic rings. The lowest BCUT2D eigenvalue weighted by atomic mass is 10.1. The van der Waals surface area contributed by atoms with Crippen LogP contribution >= 0.6 is 0 Å². The van der Waals surface area contributed by atoms with Crippen LogP contribution in [0.4, 0.5) is 0 Å². The first-order valence-electron chi connectivity index (χ1n) is 5.77. The average Bonchev–Trinajstić information content (AvgIpc) is 2.77. The molecule has 0 radical (unpaired) electrons. The van der Waals surface area contributed by atoms with Crippen LogP contribution in [0.5, 0.6) is 0 Å². The molecule has 0 saturated heterocycles. The van der Waals surface area contributed by atoms with Crippen LogP contribution in [-0.2, 0) is 19.1 Å². The van der Waals surface area contributed by atoms with Gasteiger partial charge in [0.05, 0.1) is 19.1 Å². The van der Waals surface area contributed by atoms with Crippen molar-refractivity contribution < 1.29 is 19.1 Å². The van der Waals surface area contributed by atoms with Gasteiger partial charge >= 0.3 is 11.9 Å². The zero-order valence-corrected chi connectivity index (χ0v) is 10.4. The molecule has 1 aliphatic carbocycles. The van der Waals surface area contributed by atoms with Gasteiger partial charge in [-0.15, -0.1) is 0 Å². The third-order valence-corrected chi connectivity index (χ3v) is 3.30. The Balaban J connectivity index is 2.44. The van der Waals surface area contributed by atoms with E-state index < -0.39 is 0 Å². The van der Waals surface area contributed by atoms with Crippen LogP contribution in [-0.4, -0.2) is 25.2 Å². The van der Waals surface area contributed by atoms with Gasteiger partial charge in [-0.25, -0.2) is 0 Å². The van der Waals surface area contributed by atoms with Crippen LogP contribution in [0.25, 0.3) is 0 Å². The van der Waals surface area contributed by atoms with E-state index in [-0.39, 0.29) is 29.2 Å². The molecular formula is C12H20O4. The predicted octanol–water partition coefficient (Wildman–Crippen LogP) is 1.77. The molecule has 0 heterocycles. The zero-order valence-electron chi connectivity index (χ0n) is 10.4. The van der Waals surface area contributed by atoms with Crippen LogP contribution in [0.3, 0.4) is 0 Å². The van der Waals surface area contributed by atoms with Crippen molar-refractivity contribution in [2.24, 2.45) is 17.3 Å². The minimum Gasteiger partial charge on any atom is -0.466 e. The molecule has 0 aliphatic heterocycles. The Bertz CT molecular complexity index is 283.